The van der Waals surface area contributed by atoms with Crippen LogP contribution in [0.25, 0.3) is 33.1 Å². The number of fused-ring (bicyclic) bond motifs is 3. The van der Waals surface area contributed by atoms with E-state index in [9.17, 15) is 0 Å². The summed E-state index contributed by atoms with van der Waals surface area (Å²) in [5.74, 6) is 0. The van der Waals surface area contributed by atoms with Gasteiger partial charge in [-0.1, -0.05) is 60.1 Å². The van der Waals surface area contributed by atoms with Gasteiger partial charge < -0.3 is 4.98 Å². The predicted molar refractivity (Wildman–Crippen MR) is 84.0 cm³/mol. The van der Waals surface area contributed by atoms with Gasteiger partial charge >= 0.3 is 0 Å². The average Bonchev–Trinajstić information content (AvgIpc) is 2.86. The van der Waals surface area contributed by atoms with E-state index in [1.165, 1.54) is 11.1 Å². The van der Waals surface area contributed by atoms with Gasteiger partial charge in [-0.05, 0) is 17.7 Å². The lowest BCUT2D eigenvalue weighted by Crippen LogP contribution is -1.79. The van der Waals surface area contributed by atoms with Crippen LogP contribution in [0.4, 0.5) is 0 Å². The molecule has 20 heavy (non-hydrogen) atoms. The van der Waals surface area contributed by atoms with Crippen LogP contribution >= 0.6 is 11.6 Å². The van der Waals surface area contributed by atoms with Crippen molar-refractivity contribution in [2.24, 2.45) is 0 Å². The molecule has 0 saturated carbocycles. The first-order chi connectivity index (χ1) is 9.83. The Morgan fingerprint density at radius 2 is 1.70 bits per heavy atom. The summed E-state index contributed by atoms with van der Waals surface area (Å²) in [6.07, 6.45) is 0. The monoisotopic (exact) mass is 278 g/mol. The van der Waals surface area contributed by atoms with Crippen molar-refractivity contribution in [3.63, 3.8) is 0 Å². The fourth-order valence-electron chi connectivity index (χ4n) is 2.62. The van der Waals surface area contributed by atoms with Gasteiger partial charge in [0.05, 0.1) is 16.6 Å². The minimum absolute atomic E-state index is 0.517. The molecule has 96 valence electrons. The van der Waals surface area contributed by atoms with Crippen molar-refractivity contribution in [1.29, 1.82) is 0 Å². The van der Waals surface area contributed by atoms with Gasteiger partial charge in [0, 0.05) is 10.9 Å². The van der Waals surface area contributed by atoms with Crippen molar-refractivity contribution in [3.8, 4) is 11.1 Å². The molecule has 4 rings (SSSR count). The normalized spacial score (nSPS) is 11.2. The standard InChI is InChI=1S/C17H11ClN2/c18-15-10-9-14-17(20-15)13-8-4-7-12(16(13)19-14)11-5-2-1-3-6-11/h1-10,19H. The second kappa shape index (κ2) is 4.36. The van der Waals surface area contributed by atoms with Gasteiger partial charge in [0.1, 0.15) is 5.15 Å². The molecule has 0 atom stereocenters. The number of aromatic nitrogens is 2. The van der Waals surface area contributed by atoms with Crippen LogP contribution in [0.2, 0.25) is 5.15 Å². The maximum atomic E-state index is 6.01. The molecule has 2 heterocycles. The highest BCUT2D eigenvalue weighted by Crippen LogP contribution is 2.32. The molecule has 2 nitrogen and oxygen atoms in total. The summed E-state index contributed by atoms with van der Waals surface area (Å²) in [6.45, 7) is 0. The molecule has 0 radical (unpaired) electrons. The van der Waals surface area contributed by atoms with Crippen molar-refractivity contribution in [1.82, 2.24) is 9.97 Å². The fourth-order valence-corrected chi connectivity index (χ4v) is 2.77. The fraction of sp³-hybridized carbons (Fsp3) is 0. The molecule has 2 aromatic heterocycles. The van der Waals surface area contributed by atoms with Crippen LogP contribution < -0.4 is 0 Å². The molecule has 0 aliphatic heterocycles. The first-order valence-electron chi connectivity index (χ1n) is 6.45. The number of nitrogens with one attached hydrogen (secondary N) is 1. The van der Waals surface area contributed by atoms with E-state index in [1.807, 2.05) is 30.3 Å². The Morgan fingerprint density at radius 1 is 0.850 bits per heavy atom. The molecule has 3 heteroatoms. The lowest BCUT2D eigenvalue weighted by Gasteiger charge is -2.02. The van der Waals surface area contributed by atoms with E-state index in [-0.39, 0.29) is 0 Å². The highest BCUT2D eigenvalue weighted by Gasteiger charge is 2.10. The van der Waals surface area contributed by atoms with E-state index < -0.39 is 0 Å². The maximum Gasteiger partial charge on any atom is 0.129 e. The van der Waals surface area contributed by atoms with Gasteiger partial charge in [0.15, 0.2) is 0 Å². The van der Waals surface area contributed by atoms with Gasteiger partial charge in [-0.25, -0.2) is 4.98 Å². The summed E-state index contributed by atoms with van der Waals surface area (Å²) in [7, 11) is 0. The highest BCUT2D eigenvalue weighted by atomic mass is 35.5. The number of nitrogens with zero attached hydrogens (tertiary/aromatic N) is 1. The van der Waals surface area contributed by atoms with E-state index in [4.69, 9.17) is 11.6 Å². The Labute approximate surface area is 121 Å². The SMILES string of the molecule is Clc1ccc2[nH]c3c(-c4ccccc4)cccc3c2n1. The average molecular weight is 279 g/mol. The Kier molecular flexibility index (Phi) is 2.51. The number of benzene rings is 2. The smallest absolute Gasteiger partial charge is 0.129 e. The zero-order chi connectivity index (χ0) is 13.5. The van der Waals surface area contributed by atoms with Crippen molar-refractivity contribution in [3.05, 3.63) is 65.8 Å². The quantitative estimate of drug-likeness (QED) is 0.486. The molecular formula is C17H11ClN2. The van der Waals surface area contributed by atoms with Crippen LogP contribution in [0, 0.1) is 0 Å². The van der Waals surface area contributed by atoms with Crippen molar-refractivity contribution in [2.75, 3.05) is 0 Å². The van der Waals surface area contributed by atoms with Gasteiger partial charge in [-0.3, -0.25) is 0 Å². The molecule has 0 amide bonds. The largest absolute Gasteiger partial charge is 0.353 e. The van der Waals surface area contributed by atoms with Crippen molar-refractivity contribution < 1.29 is 0 Å². The Hall–Kier alpha value is -2.32. The Morgan fingerprint density at radius 3 is 2.55 bits per heavy atom. The molecule has 4 aromatic rings. The summed E-state index contributed by atoms with van der Waals surface area (Å²) < 4.78 is 0. The van der Waals surface area contributed by atoms with E-state index >= 15 is 0 Å². The number of para-hydroxylation sites is 1. The first kappa shape index (κ1) is 11.5. The van der Waals surface area contributed by atoms with Crippen LogP contribution in [-0.2, 0) is 0 Å². The van der Waals surface area contributed by atoms with Gasteiger partial charge in [-0.15, -0.1) is 0 Å². The molecule has 0 bridgehead atoms. The number of rotatable bonds is 1. The first-order valence-corrected chi connectivity index (χ1v) is 6.83. The van der Waals surface area contributed by atoms with E-state index in [0.717, 1.165) is 21.9 Å². The number of hydrogen-bond acceptors (Lipinski definition) is 1. The number of halogens is 1. The number of H-pyrrole nitrogens is 1. The number of hydrogen-bond donors (Lipinski definition) is 1. The molecule has 0 spiro atoms. The van der Waals surface area contributed by atoms with Crippen LogP contribution in [0.5, 0.6) is 0 Å². The second-order valence-electron chi connectivity index (χ2n) is 4.75. The van der Waals surface area contributed by atoms with Crippen LogP contribution in [-0.4, -0.2) is 9.97 Å². The van der Waals surface area contributed by atoms with Gasteiger partial charge in [0.25, 0.3) is 0 Å². The highest BCUT2D eigenvalue weighted by molar-refractivity contribution is 6.30. The molecule has 0 saturated heterocycles. The van der Waals surface area contributed by atoms with Gasteiger partial charge in [-0.2, -0.15) is 0 Å². The summed E-state index contributed by atoms with van der Waals surface area (Å²) in [6, 6.07) is 20.4. The second-order valence-corrected chi connectivity index (χ2v) is 5.14. The topological polar surface area (TPSA) is 28.7 Å². The lowest BCUT2D eigenvalue weighted by molar-refractivity contribution is 1.41. The third-order valence-corrected chi connectivity index (χ3v) is 3.74. The maximum absolute atomic E-state index is 6.01. The summed E-state index contributed by atoms with van der Waals surface area (Å²) in [5.41, 5.74) is 5.40. The molecular weight excluding hydrogens is 268 g/mol. The van der Waals surface area contributed by atoms with Gasteiger partial charge in [0.2, 0.25) is 0 Å². The molecule has 0 fully saturated rings. The molecule has 2 aromatic carbocycles. The van der Waals surface area contributed by atoms with Crippen molar-refractivity contribution >= 4 is 33.5 Å². The van der Waals surface area contributed by atoms with E-state index in [2.05, 4.69) is 40.3 Å². The minimum atomic E-state index is 0.517. The zero-order valence-electron chi connectivity index (χ0n) is 10.6. The molecule has 0 aliphatic rings. The van der Waals surface area contributed by atoms with Crippen LogP contribution in [0.3, 0.4) is 0 Å². The summed E-state index contributed by atoms with van der Waals surface area (Å²) >= 11 is 6.01. The van der Waals surface area contributed by atoms with Crippen molar-refractivity contribution in [2.45, 2.75) is 0 Å². The third-order valence-electron chi connectivity index (χ3n) is 3.53. The predicted octanol–water partition coefficient (Wildman–Crippen LogP) is 5.04. The molecule has 1 N–H and O–H groups in total. The number of aromatic amines is 1. The molecule has 0 aliphatic carbocycles. The zero-order valence-corrected chi connectivity index (χ0v) is 11.4. The van der Waals surface area contributed by atoms with Crippen LogP contribution in [0.15, 0.2) is 60.7 Å². The summed E-state index contributed by atoms with van der Waals surface area (Å²) in [5, 5.41) is 1.62. The van der Waals surface area contributed by atoms with E-state index in [0.29, 0.717) is 5.15 Å². The lowest BCUT2D eigenvalue weighted by atomic mass is 10.0. The van der Waals surface area contributed by atoms with E-state index in [1.54, 1.807) is 0 Å². The van der Waals surface area contributed by atoms with Crippen LogP contribution in [0.1, 0.15) is 0 Å². The Balaban J connectivity index is 2.11. The summed E-state index contributed by atoms with van der Waals surface area (Å²) in [4.78, 5) is 7.88. The molecule has 0 unspecified atom stereocenters. The minimum Gasteiger partial charge on any atom is -0.353 e. The number of pyridine rings is 1. The Bertz CT molecular complexity index is 910. The third kappa shape index (κ3) is 1.69.